The van der Waals surface area contributed by atoms with Crippen LogP contribution in [-0.4, -0.2) is 36.4 Å². The number of aryl methyl sites for hydroxylation is 2. The average Bonchev–Trinajstić information content (AvgIpc) is 2.72. The number of carbonyl (C=O) groups is 1. The number of hydrogen-bond acceptors (Lipinski definition) is 4. The number of nitrogens with zero attached hydrogens (tertiary/aromatic N) is 2. The Bertz CT molecular complexity index is 954. The lowest BCUT2D eigenvalue weighted by Crippen LogP contribution is -2.15. The van der Waals surface area contributed by atoms with Gasteiger partial charge in [-0.25, -0.2) is 0 Å². The topological polar surface area (TPSA) is 57.3 Å². The third-order valence-electron chi connectivity index (χ3n) is 4.75. The van der Waals surface area contributed by atoms with Crippen molar-refractivity contribution in [3.63, 3.8) is 0 Å². The van der Waals surface area contributed by atoms with Crippen LogP contribution in [0.25, 0.3) is 0 Å². The molecular formula is C24H28N4O. The maximum Gasteiger partial charge on any atom is 0.255 e. The van der Waals surface area contributed by atoms with E-state index in [1.807, 2.05) is 37.3 Å². The predicted octanol–water partition coefficient (Wildman–Crippen LogP) is 4.88. The van der Waals surface area contributed by atoms with E-state index in [1.165, 1.54) is 5.56 Å². The molecule has 0 unspecified atom stereocenters. The standard InChI is InChI=1S/C24H28N4O/c1-18-23(27-24(29)20-11-5-4-6-12-20)22(15-16-25-18)26-21-14-8-7-10-19(21)13-9-17-28(2)3/h4-8,10-12,14-16H,9,13,17H2,1-3H3,(H,25,26)(H,27,29). The van der Waals surface area contributed by atoms with Crippen LogP contribution in [0.5, 0.6) is 0 Å². The molecule has 0 saturated carbocycles. The van der Waals surface area contributed by atoms with E-state index in [9.17, 15) is 4.79 Å². The Kier molecular flexibility index (Phi) is 6.98. The molecule has 29 heavy (non-hydrogen) atoms. The lowest BCUT2D eigenvalue weighted by atomic mass is 10.1. The van der Waals surface area contributed by atoms with Crippen LogP contribution >= 0.6 is 0 Å². The lowest BCUT2D eigenvalue weighted by molar-refractivity contribution is 0.102. The van der Waals surface area contributed by atoms with E-state index in [-0.39, 0.29) is 5.91 Å². The van der Waals surface area contributed by atoms with E-state index < -0.39 is 0 Å². The summed E-state index contributed by atoms with van der Waals surface area (Å²) in [5, 5.41) is 6.53. The Hall–Kier alpha value is -3.18. The third-order valence-corrected chi connectivity index (χ3v) is 4.75. The van der Waals surface area contributed by atoms with Crippen LogP contribution < -0.4 is 10.6 Å². The van der Waals surface area contributed by atoms with E-state index in [1.54, 1.807) is 18.3 Å². The first-order chi connectivity index (χ1) is 14.0. The predicted molar refractivity (Wildman–Crippen MR) is 120 cm³/mol. The first-order valence-corrected chi connectivity index (χ1v) is 9.86. The highest BCUT2D eigenvalue weighted by Crippen LogP contribution is 2.30. The first kappa shape index (κ1) is 20.6. The molecular weight excluding hydrogens is 360 g/mol. The van der Waals surface area contributed by atoms with Crippen LogP contribution in [0, 0.1) is 6.92 Å². The molecule has 5 heteroatoms. The molecule has 0 aliphatic rings. The summed E-state index contributed by atoms with van der Waals surface area (Å²) in [6, 6.07) is 19.4. The van der Waals surface area contributed by atoms with Crippen LogP contribution in [0.1, 0.15) is 28.0 Å². The first-order valence-electron chi connectivity index (χ1n) is 9.86. The molecule has 3 rings (SSSR count). The number of para-hydroxylation sites is 1. The quantitative estimate of drug-likeness (QED) is 0.577. The number of benzene rings is 2. The lowest BCUT2D eigenvalue weighted by Gasteiger charge is -2.17. The number of carbonyl (C=O) groups excluding carboxylic acids is 1. The second-order valence-corrected chi connectivity index (χ2v) is 7.33. The summed E-state index contributed by atoms with van der Waals surface area (Å²) >= 11 is 0. The van der Waals surface area contributed by atoms with Crippen molar-refractivity contribution < 1.29 is 4.79 Å². The van der Waals surface area contributed by atoms with Crippen molar-refractivity contribution in [2.75, 3.05) is 31.3 Å². The summed E-state index contributed by atoms with van der Waals surface area (Å²) in [6.45, 7) is 2.94. The monoisotopic (exact) mass is 388 g/mol. The highest BCUT2D eigenvalue weighted by Gasteiger charge is 2.13. The van der Waals surface area contributed by atoms with E-state index in [0.29, 0.717) is 11.3 Å². The molecule has 0 radical (unpaired) electrons. The van der Waals surface area contributed by atoms with Gasteiger partial charge in [0.15, 0.2) is 0 Å². The summed E-state index contributed by atoms with van der Waals surface area (Å²) in [4.78, 5) is 19.2. The highest BCUT2D eigenvalue weighted by atomic mass is 16.1. The molecule has 1 heterocycles. The highest BCUT2D eigenvalue weighted by molar-refractivity contribution is 6.06. The van der Waals surface area contributed by atoms with Crippen molar-refractivity contribution in [3.05, 3.63) is 83.7 Å². The molecule has 0 aliphatic heterocycles. The van der Waals surface area contributed by atoms with Gasteiger partial charge in [-0.15, -0.1) is 0 Å². The van der Waals surface area contributed by atoms with E-state index in [2.05, 4.69) is 52.8 Å². The summed E-state index contributed by atoms with van der Waals surface area (Å²) < 4.78 is 0. The molecule has 5 nitrogen and oxygen atoms in total. The number of nitrogens with one attached hydrogen (secondary N) is 2. The Morgan fingerprint density at radius 2 is 1.69 bits per heavy atom. The number of aromatic nitrogens is 1. The van der Waals surface area contributed by atoms with Crippen LogP contribution in [0.3, 0.4) is 0 Å². The zero-order chi connectivity index (χ0) is 20.6. The van der Waals surface area contributed by atoms with E-state index in [4.69, 9.17) is 0 Å². The van der Waals surface area contributed by atoms with Crippen molar-refractivity contribution in [1.82, 2.24) is 9.88 Å². The SMILES string of the molecule is Cc1nccc(Nc2ccccc2CCCN(C)C)c1NC(=O)c1ccccc1. The molecule has 0 spiro atoms. The largest absolute Gasteiger partial charge is 0.354 e. The molecule has 0 bridgehead atoms. The zero-order valence-corrected chi connectivity index (χ0v) is 17.3. The van der Waals surface area contributed by atoms with Crippen molar-refractivity contribution in [1.29, 1.82) is 0 Å². The van der Waals surface area contributed by atoms with E-state index >= 15 is 0 Å². The van der Waals surface area contributed by atoms with E-state index in [0.717, 1.165) is 36.5 Å². The molecule has 150 valence electrons. The summed E-state index contributed by atoms with van der Waals surface area (Å²) in [5.74, 6) is -0.149. The number of pyridine rings is 1. The molecule has 1 amide bonds. The number of amides is 1. The van der Waals surface area contributed by atoms with Crippen molar-refractivity contribution in [2.45, 2.75) is 19.8 Å². The second-order valence-electron chi connectivity index (χ2n) is 7.33. The van der Waals surface area contributed by atoms with Gasteiger partial charge in [0.2, 0.25) is 0 Å². The molecule has 3 aromatic rings. The van der Waals surface area contributed by atoms with Gasteiger partial charge in [0, 0.05) is 17.4 Å². The normalized spacial score (nSPS) is 10.8. The van der Waals surface area contributed by atoms with Gasteiger partial charge < -0.3 is 15.5 Å². The minimum absolute atomic E-state index is 0.149. The van der Waals surface area contributed by atoms with Crippen molar-refractivity contribution in [3.8, 4) is 0 Å². The van der Waals surface area contributed by atoms with Gasteiger partial charge in [0.05, 0.1) is 17.1 Å². The maximum atomic E-state index is 12.7. The fraction of sp³-hybridized carbons (Fsp3) is 0.250. The number of rotatable bonds is 8. The molecule has 0 fully saturated rings. The third kappa shape index (κ3) is 5.65. The molecule has 0 aliphatic carbocycles. The van der Waals surface area contributed by atoms with Crippen LogP contribution in [0.2, 0.25) is 0 Å². The van der Waals surface area contributed by atoms with Gasteiger partial charge in [-0.3, -0.25) is 9.78 Å². The van der Waals surface area contributed by atoms with Crippen molar-refractivity contribution in [2.24, 2.45) is 0 Å². The fourth-order valence-electron chi connectivity index (χ4n) is 3.19. The maximum absolute atomic E-state index is 12.7. The molecule has 0 saturated heterocycles. The van der Waals surface area contributed by atoms with Gasteiger partial charge in [0.25, 0.3) is 5.91 Å². The number of anilines is 3. The summed E-state index contributed by atoms with van der Waals surface area (Å²) in [6.07, 6.45) is 3.82. The summed E-state index contributed by atoms with van der Waals surface area (Å²) in [5.41, 5.74) is 5.22. The smallest absolute Gasteiger partial charge is 0.255 e. The summed E-state index contributed by atoms with van der Waals surface area (Å²) in [7, 11) is 4.18. The van der Waals surface area contributed by atoms with Gasteiger partial charge in [-0.1, -0.05) is 36.4 Å². The minimum atomic E-state index is -0.149. The average molecular weight is 389 g/mol. The second kappa shape index (κ2) is 9.85. The van der Waals surface area contributed by atoms with Crippen LogP contribution in [0.15, 0.2) is 66.9 Å². The fourth-order valence-corrected chi connectivity index (χ4v) is 3.19. The van der Waals surface area contributed by atoms with Gasteiger partial charge >= 0.3 is 0 Å². The van der Waals surface area contributed by atoms with Gasteiger partial charge in [-0.05, 0) is 70.2 Å². The Morgan fingerprint density at radius 3 is 2.45 bits per heavy atom. The number of hydrogen-bond donors (Lipinski definition) is 2. The van der Waals surface area contributed by atoms with Crippen LogP contribution in [-0.2, 0) is 6.42 Å². The molecule has 0 atom stereocenters. The molecule has 2 N–H and O–H groups in total. The molecule has 2 aromatic carbocycles. The van der Waals surface area contributed by atoms with Crippen molar-refractivity contribution >= 4 is 23.0 Å². The Morgan fingerprint density at radius 1 is 0.966 bits per heavy atom. The van der Waals surface area contributed by atoms with Crippen LogP contribution in [0.4, 0.5) is 17.1 Å². The minimum Gasteiger partial charge on any atom is -0.354 e. The van der Waals surface area contributed by atoms with Gasteiger partial charge in [-0.2, -0.15) is 0 Å². The molecule has 1 aromatic heterocycles. The Labute approximate surface area is 172 Å². The zero-order valence-electron chi connectivity index (χ0n) is 17.3. The van der Waals surface area contributed by atoms with Gasteiger partial charge in [0.1, 0.15) is 0 Å². The Balaban J connectivity index is 1.82.